The Morgan fingerprint density at radius 1 is 0.700 bits per heavy atom. The van der Waals surface area contributed by atoms with Crippen molar-refractivity contribution in [3.8, 4) is 0 Å². The minimum atomic E-state index is -0.342. The van der Waals surface area contributed by atoms with Gasteiger partial charge < -0.3 is 5.32 Å². The molecule has 0 aliphatic carbocycles. The molecule has 4 rings (SSSR count). The SMILES string of the molecule is Cc1ccc(C2=C(Nc3cccc(C)c3C)C(=O)N(c3ccccc3C)C2=O)cc1. The van der Waals surface area contributed by atoms with E-state index < -0.39 is 0 Å². The number of benzene rings is 3. The predicted octanol–water partition coefficient (Wildman–Crippen LogP) is 5.32. The summed E-state index contributed by atoms with van der Waals surface area (Å²) in [5, 5.41) is 3.28. The van der Waals surface area contributed by atoms with Gasteiger partial charge in [0.25, 0.3) is 11.8 Å². The van der Waals surface area contributed by atoms with Gasteiger partial charge in [-0.15, -0.1) is 0 Å². The Morgan fingerprint density at radius 2 is 1.37 bits per heavy atom. The van der Waals surface area contributed by atoms with Gasteiger partial charge in [0.05, 0.1) is 11.3 Å². The van der Waals surface area contributed by atoms with Crippen LogP contribution in [0.2, 0.25) is 0 Å². The fraction of sp³-hybridized carbons (Fsp3) is 0.154. The first-order valence-corrected chi connectivity index (χ1v) is 9.97. The zero-order chi connectivity index (χ0) is 21.4. The van der Waals surface area contributed by atoms with Gasteiger partial charge in [-0.25, -0.2) is 4.90 Å². The zero-order valence-electron chi connectivity index (χ0n) is 17.6. The number of nitrogens with one attached hydrogen (secondary N) is 1. The summed E-state index contributed by atoms with van der Waals surface area (Å²) in [5.74, 6) is -0.656. The first kappa shape index (κ1) is 19.6. The summed E-state index contributed by atoms with van der Waals surface area (Å²) < 4.78 is 0. The average molecular weight is 396 g/mol. The van der Waals surface area contributed by atoms with Crippen molar-refractivity contribution in [1.82, 2.24) is 0 Å². The summed E-state index contributed by atoms with van der Waals surface area (Å²) in [5.41, 5.74) is 6.98. The van der Waals surface area contributed by atoms with Crippen molar-refractivity contribution in [2.24, 2.45) is 0 Å². The number of aryl methyl sites for hydroxylation is 3. The molecule has 3 aromatic rings. The van der Waals surface area contributed by atoms with E-state index in [9.17, 15) is 9.59 Å². The zero-order valence-corrected chi connectivity index (χ0v) is 17.6. The summed E-state index contributed by atoms with van der Waals surface area (Å²) >= 11 is 0. The van der Waals surface area contributed by atoms with E-state index >= 15 is 0 Å². The Balaban J connectivity index is 1.87. The van der Waals surface area contributed by atoms with E-state index in [0.717, 1.165) is 33.5 Å². The summed E-state index contributed by atoms with van der Waals surface area (Å²) in [6, 6.07) is 21.0. The maximum Gasteiger partial charge on any atom is 0.282 e. The van der Waals surface area contributed by atoms with Gasteiger partial charge in [0, 0.05) is 5.69 Å². The van der Waals surface area contributed by atoms with Crippen LogP contribution in [0.1, 0.15) is 27.8 Å². The molecule has 4 heteroatoms. The van der Waals surface area contributed by atoms with Crippen LogP contribution in [0.4, 0.5) is 11.4 Å². The number of para-hydroxylation sites is 1. The molecule has 0 bridgehead atoms. The van der Waals surface area contributed by atoms with Crippen molar-refractivity contribution in [2.75, 3.05) is 10.2 Å². The van der Waals surface area contributed by atoms with E-state index in [4.69, 9.17) is 0 Å². The van der Waals surface area contributed by atoms with Crippen LogP contribution in [0.3, 0.4) is 0 Å². The van der Waals surface area contributed by atoms with Crippen LogP contribution >= 0.6 is 0 Å². The smallest absolute Gasteiger partial charge is 0.282 e. The summed E-state index contributed by atoms with van der Waals surface area (Å²) in [6.07, 6.45) is 0. The van der Waals surface area contributed by atoms with Gasteiger partial charge in [-0.05, 0) is 62.1 Å². The first-order chi connectivity index (χ1) is 14.4. The average Bonchev–Trinajstić information content (AvgIpc) is 2.96. The van der Waals surface area contributed by atoms with Crippen LogP contribution in [0.15, 0.2) is 72.4 Å². The predicted molar refractivity (Wildman–Crippen MR) is 121 cm³/mol. The molecule has 3 aromatic carbocycles. The highest BCUT2D eigenvalue weighted by Crippen LogP contribution is 2.35. The van der Waals surface area contributed by atoms with Crippen LogP contribution in [0.25, 0.3) is 5.57 Å². The van der Waals surface area contributed by atoms with Crippen LogP contribution in [0, 0.1) is 27.7 Å². The normalized spacial score (nSPS) is 13.9. The van der Waals surface area contributed by atoms with Gasteiger partial charge in [0.2, 0.25) is 0 Å². The van der Waals surface area contributed by atoms with Gasteiger partial charge in [-0.2, -0.15) is 0 Å². The highest BCUT2D eigenvalue weighted by Gasteiger charge is 2.40. The van der Waals surface area contributed by atoms with Gasteiger partial charge in [-0.1, -0.05) is 60.2 Å². The Bertz CT molecular complexity index is 1190. The van der Waals surface area contributed by atoms with Gasteiger partial charge >= 0.3 is 0 Å². The van der Waals surface area contributed by atoms with Crippen LogP contribution in [0.5, 0.6) is 0 Å². The summed E-state index contributed by atoms with van der Waals surface area (Å²) in [6.45, 7) is 7.92. The number of anilines is 2. The van der Waals surface area contributed by atoms with Crippen molar-refractivity contribution in [2.45, 2.75) is 27.7 Å². The fourth-order valence-corrected chi connectivity index (χ4v) is 3.69. The maximum absolute atomic E-state index is 13.5. The number of hydrogen-bond acceptors (Lipinski definition) is 3. The molecule has 0 saturated carbocycles. The van der Waals surface area contributed by atoms with Crippen molar-refractivity contribution in [3.05, 3.63) is 100 Å². The Kier molecular flexibility index (Phi) is 5.00. The second-order valence-corrected chi connectivity index (χ2v) is 7.72. The van der Waals surface area contributed by atoms with E-state index in [0.29, 0.717) is 17.0 Å². The summed E-state index contributed by atoms with van der Waals surface area (Å²) in [4.78, 5) is 28.3. The molecule has 0 radical (unpaired) electrons. The standard InChI is InChI=1S/C26H24N2O2/c1-16-12-14-20(15-13-16)23-24(27-21-10-7-9-17(2)19(21)4)26(30)28(25(23)29)22-11-6-5-8-18(22)3/h5-15,27H,1-4H3. The van der Waals surface area contributed by atoms with Gasteiger partial charge in [-0.3, -0.25) is 9.59 Å². The Labute approximate surface area is 176 Å². The Hall–Kier alpha value is -3.66. The van der Waals surface area contributed by atoms with Crippen LogP contribution < -0.4 is 10.2 Å². The molecular weight excluding hydrogens is 372 g/mol. The topological polar surface area (TPSA) is 49.4 Å². The van der Waals surface area contributed by atoms with Crippen LogP contribution in [-0.4, -0.2) is 11.8 Å². The van der Waals surface area contributed by atoms with E-state index in [1.54, 1.807) is 6.07 Å². The monoisotopic (exact) mass is 396 g/mol. The molecule has 1 heterocycles. The first-order valence-electron chi connectivity index (χ1n) is 9.97. The molecule has 1 aliphatic heterocycles. The molecule has 0 unspecified atom stereocenters. The van der Waals surface area contributed by atoms with Crippen molar-refractivity contribution < 1.29 is 9.59 Å². The Morgan fingerprint density at radius 3 is 2.07 bits per heavy atom. The second kappa shape index (κ2) is 7.64. The third-order valence-corrected chi connectivity index (χ3v) is 5.64. The number of amides is 2. The minimum absolute atomic E-state index is 0.306. The molecule has 0 saturated heterocycles. The lowest BCUT2D eigenvalue weighted by molar-refractivity contribution is -0.120. The van der Waals surface area contributed by atoms with E-state index in [1.807, 2.05) is 88.4 Å². The number of carbonyl (C=O) groups is 2. The highest BCUT2D eigenvalue weighted by atomic mass is 16.2. The summed E-state index contributed by atoms with van der Waals surface area (Å²) in [7, 11) is 0. The van der Waals surface area contributed by atoms with E-state index in [2.05, 4.69) is 5.32 Å². The lowest BCUT2D eigenvalue weighted by Crippen LogP contribution is -2.33. The lowest BCUT2D eigenvalue weighted by atomic mass is 10.0. The largest absolute Gasteiger partial charge is 0.350 e. The van der Waals surface area contributed by atoms with Gasteiger partial charge in [0.1, 0.15) is 5.70 Å². The molecule has 0 aromatic heterocycles. The number of hydrogen-bond donors (Lipinski definition) is 1. The lowest BCUT2D eigenvalue weighted by Gasteiger charge is -2.18. The molecule has 4 nitrogen and oxygen atoms in total. The number of rotatable bonds is 4. The second-order valence-electron chi connectivity index (χ2n) is 7.72. The van der Waals surface area contributed by atoms with Crippen molar-refractivity contribution in [1.29, 1.82) is 0 Å². The maximum atomic E-state index is 13.5. The molecular formula is C26H24N2O2. The highest BCUT2D eigenvalue weighted by molar-refractivity contribution is 6.46. The van der Waals surface area contributed by atoms with Gasteiger partial charge in [0.15, 0.2) is 0 Å². The van der Waals surface area contributed by atoms with Crippen LogP contribution in [-0.2, 0) is 9.59 Å². The number of imide groups is 1. The third kappa shape index (κ3) is 3.30. The quantitative estimate of drug-likeness (QED) is 0.608. The van der Waals surface area contributed by atoms with E-state index in [-0.39, 0.29) is 11.8 Å². The molecule has 1 N–H and O–H groups in total. The molecule has 1 aliphatic rings. The molecule has 150 valence electrons. The fourth-order valence-electron chi connectivity index (χ4n) is 3.69. The molecule has 2 amide bonds. The molecule has 0 atom stereocenters. The molecule has 0 fully saturated rings. The molecule has 0 spiro atoms. The van der Waals surface area contributed by atoms with Crippen molar-refractivity contribution in [3.63, 3.8) is 0 Å². The number of carbonyl (C=O) groups excluding carboxylic acids is 2. The minimum Gasteiger partial charge on any atom is -0.350 e. The molecule has 30 heavy (non-hydrogen) atoms. The number of nitrogens with zero attached hydrogens (tertiary/aromatic N) is 1. The van der Waals surface area contributed by atoms with E-state index in [1.165, 1.54) is 4.90 Å². The van der Waals surface area contributed by atoms with Crippen molar-refractivity contribution >= 4 is 28.8 Å². The third-order valence-electron chi connectivity index (χ3n) is 5.64.